The number of oxime groups is 1. The van der Waals surface area contributed by atoms with Crippen molar-refractivity contribution in [2.45, 2.75) is 69.6 Å². The first-order chi connectivity index (χ1) is 27.7. The molecule has 3 N–H and O–H groups in total. The molecule has 5 rings (SSSR count). The van der Waals surface area contributed by atoms with Gasteiger partial charge in [-0.3, -0.25) is 5.32 Å². The second-order valence-corrected chi connectivity index (χ2v) is 14.6. The van der Waals surface area contributed by atoms with Crippen LogP contribution in [0.5, 0.6) is 23.0 Å². The third-order valence-corrected chi connectivity index (χ3v) is 11.0. The molecule has 6 atom stereocenters. The van der Waals surface area contributed by atoms with Crippen molar-refractivity contribution in [3.05, 3.63) is 66.3 Å². The summed E-state index contributed by atoms with van der Waals surface area (Å²) in [5.74, 6) is -0.419. The largest absolute Gasteiger partial charge is 0.497 e. The normalized spacial score (nSPS) is 23.9. The van der Waals surface area contributed by atoms with Crippen LogP contribution >= 0.6 is 11.6 Å². The van der Waals surface area contributed by atoms with E-state index >= 15 is 0 Å². The Hall–Kier alpha value is -4.50. The highest BCUT2D eigenvalue weighted by Gasteiger charge is 2.65. The molecule has 2 aromatic rings. The van der Waals surface area contributed by atoms with Crippen molar-refractivity contribution in [1.82, 2.24) is 4.90 Å². The summed E-state index contributed by atoms with van der Waals surface area (Å²) < 4.78 is 36.1. The standard InChI is InChI=1S/C42H56ClN3O11/c1-6-21-54-42-37(46(3)41(50)53-22-18-43)26-34(45-55-7-2)31-23-27(12-8-10-19-47)30(13-9-11-20-48)38(39(31)42)32-24-29(15-17-35(32)57-42)56-40(49)44-33-16-14-28(51-4)25-36(33)52-5/h6,14-17,23-25,27,30,37-39,47-48H,1,7-13,18-22,26H2,2-5H3,(H,44,49)/t27-,30+,37-,38+,39+,42+/m0/s1. The van der Waals surface area contributed by atoms with Gasteiger partial charge in [0.05, 0.1) is 44.0 Å². The van der Waals surface area contributed by atoms with Gasteiger partial charge in [0, 0.05) is 44.2 Å². The number of hydrogen-bond acceptors (Lipinski definition) is 12. The van der Waals surface area contributed by atoms with Crippen molar-refractivity contribution in [3.63, 3.8) is 0 Å². The summed E-state index contributed by atoms with van der Waals surface area (Å²) in [6.45, 7) is 6.37. The number of carbonyl (C=O) groups excluding carboxylic acids is 2. The van der Waals surface area contributed by atoms with Crippen LogP contribution in [0.1, 0.15) is 63.4 Å². The molecule has 312 valence electrons. The number of allylic oxidation sites excluding steroid dienone is 1. The van der Waals surface area contributed by atoms with Gasteiger partial charge < -0.3 is 48.4 Å². The van der Waals surface area contributed by atoms with Crippen molar-refractivity contribution in [2.75, 3.05) is 65.5 Å². The Bertz CT molecular complexity index is 1760. The molecule has 0 aromatic heterocycles. The van der Waals surface area contributed by atoms with Gasteiger partial charge >= 0.3 is 12.2 Å². The fourth-order valence-electron chi connectivity index (χ4n) is 8.43. The summed E-state index contributed by atoms with van der Waals surface area (Å²) in [6, 6.07) is 9.52. The molecule has 2 amide bonds. The van der Waals surface area contributed by atoms with E-state index < -0.39 is 29.9 Å². The number of unbranched alkanes of at least 4 members (excludes halogenated alkanes) is 2. The quantitative estimate of drug-likeness (QED) is 0.0532. The van der Waals surface area contributed by atoms with Crippen molar-refractivity contribution >= 4 is 35.2 Å². The van der Waals surface area contributed by atoms with Crippen molar-refractivity contribution < 1.29 is 53.1 Å². The molecule has 1 aliphatic heterocycles. The van der Waals surface area contributed by atoms with E-state index in [2.05, 4.69) is 23.1 Å². The first-order valence-corrected chi connectivity index (χ1v) is 20.1. The fourth-order valence-corrected chi connectivity index (χ4v) is 8.51. The van der Waals surface area contributed by atoms with E-state index in [9.17, 15) is 19.8 Å². The molecule has 2 aromatic carbocycles. The molecule has 15 heteroatoms. The molecule has 14 nitrogen and oxygen atoms in total. The molecule has 1 saturated carbocycles. The lowest BCUT2D eigenvalue weighted by molar-refractivity contribution is -0.253. The number of aliphatic hydroxyl groups excluding tert-OH is 2. The first kappa shape index (κ1) is 43.6. The van der Waals surface area contributed by atoms with E-state index in [4.69, 9.17) is 44.9 Å². The summed E-state index contributed by atoms with van der Waals surface area (Å²) in [7, 11) is 4.68. The lowest BCUT2D eigenvalue weighted by Crippen LogP contribution is -2.69. The molecular weight excluding hydrogens is 758 g/mol. The molecule has 0 saturated heterocycles. The highest BCUT2D eigenvalue weighted by molar-refractivity contribution is 6.18. The summed E-state index contributed by atoms with van der Waals surface area (Å²) in [5.41, 5.74) is 2.72. The van der Waals surface area contributed by atoms with E-state index in [0.29, 0.717) is 48.1 Å². The van der Waals surface area contributed by atoms with Gasteiger partial charge in [-0.2, -0.15) is 0 Å². The maximum atomic E-state index is 13.6. The number of carbonyl (C=O) groups is 2. The molecule has 0 radical (unpaired) electrons. The average Bonchev–Trinajstić information content (AvgIpc) is 3.22. The Morgan fingerprint density at radius 1 is 1.07 bits per heavy atom. The molecular formula is C42H56ClN3O11. The number of halogens is 1. The summed E-state index contributed by atoms with van der Waals surface area (Å²) in [6.07, 6.45) is 7.10. The summed E-state index contributed by atoms with van der Waals surface area (Å²) in [4.78, 5) is 34.2. The minimum atomic E-state index is -1.45. The van der Waals surface area contributed by atoms with Crippen LogP contribution in [0.2, 0.25) is 0 Å². The van der Waals surface area contributed by atoms with E-state index in [1.54, 1.807) is 50.6 Å². The van der Waals surface area contributed by atoms with Gasteiger partial charge in [0.25, 0.3) is 0 Å². The Labute approximate surface area is 339 Å². The smallest absolute Gasteiger partial charge is 0.417 e. The van der Waals surface area contributed by atoms with E-state index in [0.717, 1.165) is 36.8 Å². The van der Waals surface area contributed by atoms with Gasteiger partial charge in [0.15, 0.2) is 0 Å². The molecule has 57 heavy (non-hydrogen) atoms. The van der Waals surface area contributed by atoms with Gasteiger partial charge in [-0.15, -0.1) is 18.2 Å². The molecule has 1 heterocycles. The van der Waals surface area contributed by atoms with E-state index in [-0.39, 0.29) is 62.2 Å². The lowest BCUT2D eigenvalue weighted by atomic mass is 9.55. The number of benzene rings is 2. The summed E-state index contributed by atoms with van der Waals surface area (Å²) >= 11 is 5.91. The molecule has 1 fully saturated rings. The van der Waals surface area contributed by atoms with Crippen LogP contribution in [0.3, 0.4) is 0 Å². The van der Waals surface area contributed by atoms with E-state index in [1.807, 2.05) is 13.0 Å². The molecule has 0 spiro atoms. The van der Waals surface area contributed by atoms with E-state index in [1.165, 1.54) is 12.0 Å². The number of ether oxygens (including phenoxy) is 6. The molecule has 0 unspecified atom stereocenters. The third kappa shape index (κ3) is 9.80. The third-order valence-electron chi connectivity index (χ3n) is 10.9. The molecule has 2 aliphatic carbocycles. The predicted molar refractivity (Wildman–Crippen MR) is 216 cm³/mol. The Kier molecular flexibility index (Phi) is 15.9. The number of alkyl halides is 1. The maximum Gasteiger partial charge on any atom is 0.417 e. The monoisotopic (exact) mass is 813 g/mol. The van der Waals surface area contributed by atoms with Gasteiger partial charge in [0.2, 0.25) is 5.79 Å². The Balaban J connectivity index is 1.67. The minimum Gasteiger partial charge on any atom is -0.497 e. The van der Waals surface area contributed by atoms with Crippen LogP contribution in [-0.4, -0.2) is 105 Å². The number of amides is 2. The number of nitrogens with zero attached hydrogens (tertiary/aromatic N) is 2. The van der Waals surface area contributed by atoms with Crippen molar-refractivity contribution in [1.29, 1.82) is 0 Å². The zero-order valence-corrected chi connectivity index (χ0v) is 34.0. The van der Waals surface area contributed by atoms with Crippen LogP contribution in [0, 0.1) is 17.8 Å². The van der Waals surface area contributed by atoms with Crippen molar-refractivity contribution in [3.8, 4) is 23.0 Å². The number of likely N-dealkylation sites (N-methyl/N-ethyl adjacent to an activating group) is 1. The number of methoxy groups -OCH3 is 2. The van der Waals surface area contributed by atoms with Gasteiger partial charge in [-0.05, 0) is 80.3 Å². The van der Waals surface area contributed by atoms with Crippen LogP contribution in [0.15, 0.2) is 65.9 Å². The number of fused-ring (bicyclic) bond motifs is 2. The second kappa shape index (κ2) is 20.8. The zero-order chi connectivity index (χ0) is 41.0. The van der Waals surface area contributed by atoms with Crippen LogP contribution in [-0.2, 0) is 14.3 Å². The highest BCUT2D eigenvalue weighted by atomic mass is 35.5. The fraction of sp³-hybridized carbons (Fsp3) is 0.548. The van der Waals surface area contributed by atoms with Crippen LogP contribution in [0.25, 0.3) is 0 Å². The second-order valence-electron chi connectivity index (χ2n) is 14.2. The number of rotatable bonds is 20. The number of hydrogen-bond donors (Lipinski definition) is 3. The van der Waals surface area contributed by atoms with Crippen molar-refractivity contribution in [2.24, 2.45) is 22.9 Å². The number of aliphatic hydroxyl groups is 2. The molecule has 3 aliphatic rings. The minimum absolute atomic E-state index is 0.0167. The predicted octanol–water partition coefficient (Wildman–Crippen LogP) is 7.28. The highest BCUT2D eigenvalue weighted by Crippen LogP contribution is 2.61. The first-order valence-electron chi connectivity index (χ1n) is 19.6. The summed E-state index contributed by atoms with van der Waals surface area (Å²) in [5, 5.41) is 27.0. The van der Waals surface area contributed by atoms with Gasteiger partial charge in [0.1, 0.15) is 42.3 Å². The van der Waals surface area contributed by atoms with Crippen LogP contribution in [0.4, 0.5) is 15.3 Å². The van der Waals surface area contributed by atoms with Crippen LogP contribution < -0.4 is 24.3 Å². The lowest BCUT2D eigenvalue weighted by Gasteiger charge is -2.59. The average molecular weight is 814 g/mol. The van der Waals surface area contributed by atoms with Gasteiger partial charge in [-0.25, -0.2) is 9.59 Å². The maximum absolute atomic E-state index is 13.6. The number of nitrogens with one attached hydrogen (secondary N) is 1. The topological polar surface area (TPSA) is 167 Å². The zero-order valence-electron chi connectivity index (χ0n) is 33.2. The SMILES string of the molecule is C=CCO[C@@]12Oc3ccc(OC(=O)Nc4ccc(OC)cc4OC)cc3[C@H]3[C@H](CCCCO)[C@@H](CCCCO)C=C(C(=NOCC)C[C@@H]1N(C)C(=O)OCCCl)[C@H]32. The Morgan fingerprint density at radius 3 is 2.51 bits per heavy atom. The van der Waals surface area contributed by atoms with Gasteiger partial charge in [-0.1, -0.05) is 30.1 Å². The molecule has 0 bridgehead atoms. The number of anilines is 1. The Morgan fingerprint density at radius 2 is 1.82 bits per heavy atom.